The molecule has 0 heterocycles. The predicted molar refractivity (Wildman–Crippen MR) is 198 cm³/mol. The zero-order valence-electron chi connectivity index (χ0n) is 24.8. The molecule has 0 amide bonds. The van der Waals surface area contributed by atoms with Crippen LogP contribution in [0.2, 0.25) is 0 Å². The Balaban J connectivity index is 0.000000268. The van der Waals surface area contributed by atoms with Gasteiger partial charge in [0.25, 0.3) is 0 Å². The minimum absolute atomic E-state index is 0. The molecule has 0 atom stereocenters. The molecule has 0 nitrogen and oxygen atoms in total. The molecule has 0 fully saturated rings. The van der Waals surface area contributed by atoms with Crippen LogP contribution in [0.3, 0.4) is 0 Å². The summed E-state index contributed by atoms with van der Waals surface area (Å²) in [7, 11) is 0. The smallest absolute Gasteiger partial charge is 0.0253 e. The number of hydrogen-bond donors (Lipinski definition) is 0. The van der Waals surface area contributed by atoms with Crippen molar-refractivity contribution in [2.24, 2.45) is 0 Å². The van der Waals surface area contributed by atoms with Crippen molar-refractivity contribution < 1.29 is 23.3 Å². The Labute approximate surface area is 290 Å². The molecule has 0 N–H and O–H groups in total. The molecular formula is C40H34Cl2SiZr-4. The first kappa shape index (κ1) is 36.9. The molecule has 4 heteroatoms. The second-order valence-electron chi connectivity index (χ2n) is 9.80. The van der Waals surface area contributed by atoms with Crippen LogP contribution in [0.1, 0.15) is 0 Å². The van der Waals surface area contributed by atoms with Crippen LogP contribution >= 0.6 is 24.8 Å². The first-order chi connectivity index (χ1) is 19.8. The van der Waals surface area contributed by atoms with Gasteiger partial charge in [-0.1, -0.05) is 132 Å². The Hall–Kier alpha value is -3.26. The standard InChI is InChI=1S/2C19H13.2CH3.2ClH.Si.Zr/c2*1-2-8-16-13-17(12-15(16)7-1)19-11-5-9-14-6-3-4-10-18(14)19;;;;;;/h2*1-13H;2*1H3;2*1H;;/q4*-1;;;;. The zero-order valence-corrected chi connectivity index (χ0v) is 29.9. The summed E-state index contributed by atoms with van der Waals surface area (Å²) in [6, 6.07) is 56.3. The minimum atomic E-state index is 0. The summed E-state index contributed by atoms with van der Waals surface area (Å²) in [5, 5.41) is 10.5. The van der Waals surface area contributed by atoms with Crippen molar-refractivity contribution in [1.82, 2.24) is 0 Å². The minimum Gasteiger partial charge on any atom is -0.145 e. The van der Waals surface area contributed by atoms with E-state index >= 15 is 0 Å². The van der Waals surface area contributed by atoms with Gasteiger partial charge in [0, 0.05) is 0 Å². The van der Waals surface area contributed by atoms with Crippen LogP contribution in [0.15, 0.2) is 158 Å². The maximum atomic E-state index is 3.06. The molecule has 8 rings (SSSR count). The fraction of sp³-hybridized carbons (Fsp3) is 0. The SMILES string of the molecule is Cl.Cl.[CH3-].[CH3-].[Si]=[Zr].c1ccc2[cH-]c(-c3cccc4ccccc34)cc2c1.c1ccc2[cH-]c(-c3cccc4ccccc34)cc2c1. The van der Waals surface area contributed by atoms with Crippen LogP contribution < -0.4 is 0 Å². The van der Waals surface area contributed by atoms with Gasteiger partial charge in [-0.2, -0.15) is 0 Å². The van der Waals surface area contributed by atoms with Gasteiger partial charge in [0.05, 0.1) is 0 Å². The van der Waals surface area contributed by atoms with Gasteiger partial charge in [-0.05, 0) is 21.5 Å². The van der Waals surface area contributed by atoms with E-state index < -0.39 is 0 Å². The third kappa shape index (κ3) is 7.68. The molecule has 8 aromatic carbocycles. The van der Waals surface area contributed by atoms with Crippen LogP contribution in [-0.4, -0.2) is 6.88 Å². The Morgan fingerprint density at radius 2 is 0.705 bits per heavy atom. The van der Waals surface area contributed by atoms with Crippen LogP contribution in [0.5, 0.6) is 0 Å². The fourth-order valence-electron chi connectivity index (χ4n) is 5.57. The summed E-state index contributed by atoms with van der Waals surface area (Å²) in [6.07, 6.45) is 0. The molecule has 0 aliphatic rings. The molecule has 8 aromatic rings. The van der Waals surface area contributed by atoms with Gasteiger partial charge < -0.3 is 14.9 Å². The number of halogens is 2. The third-order valence-corrected chi connectivity index (χ3v) is 7.44. The average molecular weight is 705 g/mol. The van der Waals surface area contributed by atoms with Gasteiger partial charge in [-0.3, -0.25) is 0 Å². The van der Waals surface area contributed by atoms with Crippen molar-refractivity contribution in [2.75, 3.05) is 0 Å². The maximum absolute atomic E-state index is 3.06. The predicted octanol–water partition coefficient (Wildman–Crippen LogP) is 12.1. The van der Waals surface area contributed by atoms with Crippen molar-refractivity contribution >= 4 is 74.8 Å². The van der Waals surface area contributed by atoms with E-state index in [0.29, 0.717) is 0 Å². The van der Waals surface area contributed by atoms with Crippen molar-refractivity contribution in [3.05, 3.63) is 173 Å². The largest absolute Gasteiger partial charge is 0.145 e. The molecule has 0 aliphatic heterocycles. The summed E-state index contributed by atoms with van der Waals surface area (Å²) in [5.41, 5.74) is 5.24. The average Bonchev–Trinajstić information content (AvgIpc) is 3.66. The zero-order chi connectivity index (χ0) is 27.3. The summed E-state index contributed by atoms with van der Waals surface area (Å²) in [6.45, 7) is 3.06. The van der Waals surface area contributed by atoms with Gasteiger partial charge in [0.2, 0.25) is 0 Å². The van der Waals surface area contributed by atoms with Crippen molar-refractivity contribution in [2.45, 2.75) is 0 Å². The molecule has 0 bridgehead atoms. The van der Waals surface area contributed by atoms with Crippen LogP contribution in [0.25, 0.3) is 65.3 Å². The third-order valence-electron chi connectivity index (χ3n) is 7.44. The summed E-state index contributed by atoms with van der Waals surface area (Å²) in [5.74, 6) is 0. The molecule has 0 saturated heterocycles. The molecule has 0 aliphatic carbocycles. The number of benzene rings is 6. The molecule has 0 saturated carbocycles. The molecule has 0 spiro atoms. The Kier molecular flexibility index (Phi) is 14.5. The Morgan fingerprint density at radius 3 is 1.09 bits per heavy atom. The first-order valence-corrected chi connectivity index (χ1v) is 17.5. The molecule has 0 aromatic heterocycles. The van der Waals surface area contributed by atoms with E-state index in [1.54, 1.807) is 0 Å². The van der Waals surface area contributed by atoms with Crippen molar-refractivity contribution in [3.8, 4) is 22.3 Å². The molecule has 44 heavy (non-hydrogen) atoms. The van der Waals surface area contributed by atoms with Crippen LogP contribution in [-0.2, 0) is 23.3 Å². The quantitative estimate of drug-likeness (QED) is 0.124. The summed E-state index contributed by atoms with van der Waals surface area (Å²) >= 11 is 1.36. The Bertz CT molecular complexity index is 1850. The first-order valence-electron chi connectivity index (χ1n) is 13.4. The molecular weight excluding hydrogens is 671 g/mol. The van der Waals surface area contributed by atoms with Crippen LogP contribution in [0.4, 0.5) is 0 Å². The summed E-state index contributed by atoms with van der Waals surface area (Å²) in [4.78, 5) is 0. The number of hydrogen-bond acceptors (Lipinski definition) is 0. The second-order valence-corrected chi connectivity index (χ2v) is 9.80. The van der Waals surface area contributed by atoms with E-state index in [1.807, 2.05) is 0 Å². The van der Waals surface area contributed by atoms with Crippen LogP contribution in [0, 0.1) is 14.9 Å². The van der Waals surface area contributed by atoms with Gasteiger partial charge in [0.15, 0.2) is 0 Å². The molecule has 220 valence electrons. The monoisotopic (exact) mass is 702 g/mol. The second kappa shape index (κ2) is 17.3. The van der Waals surface area contributed by atoms with Gasteiger partial charge in [-0.25, -0.2) is 0 Å². The Morgan fingerprint density at radius 1 is 0.386 bits per heavy atom. The fourth-order valence-corrected chi connectivity index (χ4v) is 5.57. The van der Waals surface area contributed by atoms with E-state index in [4.69, 9.17) is 0 Å². The molecule has 2 radical (unpaired) electrons. The van der Waals surface area contributed by atoms with E-state index in [9.17, 15) is 0 Å². The van der Waals surface area contributed by atoms with Crippen molar-refractivity contribution in [1.29, 1.82) is 0 Å². The number of fused-ring (bicyclic) bond motifs is 4. The van der Waals surface area contributed by atoms with E-state index in [-0.39, 0.29) is 39.7 Å². The summed E-state index contributed by atoms with van der Waals surface area (Å²) < 4.78 is 0. The van der Waals surface area contributed by atoms with E-state index in [1.165, 1.54) is 88.7 Å². The van der Waals surface area contributed by atoms with Gasteiger partial charge >= 0.3 is 30.2 Å². The molecule has 0 unspecified atom stereocenters. The van der Waals surface area contributed by atoms with E-state index in [0.717, 1.165) is 0 Å². The normalized spacial score (nSPS) is 9.70. The maximum Gasteiger partial charge on any atom is -0.0253 e. The van der Waals surface area contributed by atoms with E-state index in [2.05, 4.69) is 165 Å². The van der Waals surface area contributed by atoms with Gasteiger partial charge in [0.1, 0.15) is 0 Å². The van der Waals surface area contributed by atoms with Crippen molar-refractivity contribution in [3.63, 3.8) is 0 Å². The van der Waals surface area contributed by atoms with Gasteiger partial charge in [-0.15, -0.1) is 93.9 Å². The number of rotatable bonds is 2. The topological polar surface area (TPSA) is 0 Å².